The molecule has 3 unspecified atom stereocenters. The minimum Gasteiger partial charge on any atom is -0.506 e. The molecule has 2 bridgehead atoms. The van der Waals surface area contributed by atoms with Crippen molar-refractivity contribution in [2.24, 2.45) is 0 Å². The molecule has 2 amide bonds. The summed E-state index contributed by atoms with van der Waals surface area (Å²) in [7, 11) is 0. The fourth-order valence-electron chi connectivity index (χ4n) is 7.04. The van der Waals surface area contributed by atoms with Gasteiger partial charge >= 0.3 is 5.97 Å². The zero-order valence-corrected chi connectivity index (χ0v) is 20.9. The number of imide groups is 1. The molecule has 3 aromatic carbocycles. The molecule has 1 saturated heterocycles. The molecule has 0 radical (unpaired) electrons. The Morgan fingerprint density at radius 2 is 1.82 bits per heavy atom. The molecular weight excluding hydrogens is 504 g/mol. The molecule has 5 N–H and O–H groups in total. The number of hydrogen-bond donors (Lipinski definition) is 4. The van der Waals surface area contributed by atoms with Gasteiger partial charge in [0.1, 0.15) is 12.0 Å². The van der Waals surface area contributed by atoms with Crippen LogP contribution in [0, 0.1) is 0 Å². The van der Waals surface area contributed by atoms with E-state index < -0.39 is 35.3 Å². The number of aromatic nitrogens is 2. The monoisotopic (exact) mass is 526 g/mol. The first kappa shape index (κ1) is 22.4. The maximum Gasteiger partial charge on any atom is 0.343 e. The van der Waals surface area contributed by atoms with Gasteiger partial charge in [-0.3, -0.25) is 14.9 Å². The molecule has 3 atom stereocenters. The number of amides is 2. The van der Waals surface area contributed by atoms with E-state index in [2.05, 4.69) is 5.32 Å². The molecule has 8 rings (SSSR count). The summed E-state index contributed by atoms with van der Waals surface area (Å²) in [6, 6.07) is 10.4. The van der Waals surface area contributed by atoms with Crippen molar-refractivity contribution < 1.29 is 34.1 Å². The lowest BCUT2D eigenvalue weighted by Gasteiger charge is -2.37. The molecule has 0 aliphatic carbocycles. The average molecular weight is 527 g/mol. The van der Waals surface area contributed by atoms with Crippen molar-refractivity contribution in [3.8, 4) is 5.75 Å². The van der Waals surface area contributed by atoms with Gasteiger partial charge < -0.3 is 34.6 Å². The third kappa shape index (κ3) is 2.23. The zero-order valence-electron chi connectivity index (χ0n) is 20.9. The number of phenolic OH excluding ortho intramolecular Hbond substituents is 1. The largest absolute Gasteiger partial charge is 0.506 e. The molecule has 39 heavy (non-hydrogen) atoms. The molecule has 0 saturated carbocycles. The Morgan fingerprint density at radius 3 is 2.56 bits per heavy atom. The second-order valence-corrected chi connectivity index (χ2v) is 10.4. The van der Waals surface area contributed by atoms with Gasteiger partial charge in [0.2, 0.25) is 5.60 Å². The smallest absolute Gasteiger partial charge is 0.343 e. The van der Waals surface area contributed by atoms with E-state index in [-0.39, 0.29) is 35.6 Å². The summed E-state index contributed by atoms with van der Waals surface area (Å²) in [6.07, 6.45) is -0.954. The average Bonchev–Trinajstić information content (AvgIpc) is 3.57. The third-order valence-corrected chi connectivity index (χ3v) is 8.65. The Bertz CT molecular complexity index is 2040. The molecule has 0 spiro atoms. The van der Waals surface area contributed by atoms with Gasteiger partial charge in [0.05, 0.1) is 45.5 Å². The number of nitrogens with zero attached hydrogens (tertiary/aromatic N) is 2. The van der Waals surface area contributed by atoms with Gasteiger partial charge in [0.25, 0.3) is 11.8 Å². The maximum atomic E-state index is 13.4. The van der Waals surface area contributed by atoms with Gasteiger partial charge in [-0.05, 0) is 32.0 Å². The van der Waals surface area contributed by atoms with Crippen LogP contribution < -0.4 is 11.1 Å². The molecule has 196 valence electrons. The van der Waals surface area contributed by atoms with Crippen molar-refractivity contribution in [3.05, 3.63) is 47.5 Å². The molecule has 2 aromatic heterocycles. The van der Waals surface area contributed by atoms with E-state index in [0.29, 0.717) is 43.6 Å². The second kappa shape index (κ2) is 6.68. The number of carbonyl (C=O) groups excluding carboxylic acids is 3. The van der Waals surface area contributed by atoms with Gasteiger partial charge in [-0.2, -0.15) is 0 Å². The number of nitrogen functional groups attached to an aromatic ring is 1. The predicted octanol–water partition coefficient (Wildman–Crippen LogP) is 2.97. The van der Waals surface area contributed by atoms with Crippen LogP contribution in [0.3, 0.4) is 0 Å². The van der Waals surface area contributed by atoms with Crippen molar-refractivity contribution in [1.82, 2.24) is 14.5 Å². The van der Waals surface area contributed by atoms with E-state index in [4.69, 9.17) is 15.2 Å². The normalized spacial score (nSPS) is 25.3. The highest BCUT2D eigenvalue weighted by atomic mass is 16.6. The summed E-state index contributed by atoms with van der Waals surface area (Å²) in [5.41, 5.74) is 5.07. The Balaban J connectivity index is 1.73. The van der Waals surface area contributed by atoms with Gasteiger partial charge in [0, 0.05) is 28.0 Å². The van der Waals surface area contributed by atoms with Gasteiger partial charge in [-0.15, -0.1) is 0 Å². The molecule has 11 heteroatoms. The number of fused-ring (bicyclic) bond motifs is 13. The van der Waals surface area contributed by atoms with Crippen LogP contribution in [-0.4, -0.2) is 49.3 Å². The molecule has 11 nitrogen and oxygen atoms in total. The quantitative estimate of drug-likeness (QED) is 0.118. The van der Waals surface area contributed by atoms with Gasteiger partial charge in [-0.25, -0.2) is 4.79 Å². The van der Waals surface area contributed by atoms with Crippen LogP contribution in [0.4, 0.5) is 5.69 Å². The first-order valence-corrected chi connectivity index (χ1v) is 12.6. The Labute approximate surface area is 219 Å². The number of carbonyl (C=O) groups is 3. The standard InChI is InChI=1S/C28H22N4O7/c1-3-38-26(36)28(37)10-15-31-12-7-5-4-6-11(12)16-19-20(25(35)30-24(19)34)18-17-13(8-9-14(33)21(17)29)32(23(18)22(16)31)27(28,2)39-15/h4-9,15,33,37H,3,10,29H2,1-2H3,(H,30,34,35). The number of benzene rings is 3. The molecule has 5 heterocycles. The molecular formula is C28H22N4O7. The Hall–Kier alpha value is -4.61. The first-order valence-electron chi connectivity index (χ1n) is 12.6. The first-order chi connectivity index (χ1) is 18.6. The summed E-state index contributed by atoms with van der Waals surface area (Å²) < 4.78 is 15.5. The van der Waals surface area contributed by atoms with E-state index in [9.17, 15) is 24.6 Å². The van der Waals surface area contributed by atoms with E-state index in [1.54, 1.807) is 24.5 Å². The topological polar surface area (TPSA) is 158 Å². The number of nitrogens with two attached hydrogens (primary N) is 1. The number of rotatable bonds is 2. The van der Waals surface area contributed by atoms with Crippen LogP contribution in [0.2, 0.25) is 0 Å². The summed E-state index contributed by atoms with van der Waals surface area (Å²) in [4.78, 5) is 40.1. The minimum absolute atomic E-state index is 0.00833. The van der Waals surface area contributed by atoms with Crippen LogP contribution in [0.5, 0.6) is 5.75 Å². The fourth-order valence-corrected chi connectivity index (χ4v) is 7.04. The molecule has 3 aliphatic heterocycles. The summed E-state index contributed by atoms with van der Waals surface area (Å²) in [5.74, 6) is -2.20. The predicted molar refractivity (Wildman–Crippen MR) is 140 cm³/mol. The SMILES string of the molecule is CCOC(=O)C1(O)CC2OC1(C)n1c3ccc(O)c(N)c3c3c4c(c5c6ccccc6n2c5c31)C(=O)NC4=O. The van der Waals surface area contributed by atoms with Crippen molar-refractivity contribution >= 4 is 67.1 Å². The summed E-state index contributed by atoms with van der Waals surface area (Å²) in [6.45, 7) is 3.31. The minimum atomic E-state index is -2.13. The Kier molecular flexibility index (Phi) is 3.84. The molecule has 1 fully saturated rings. The number of para-hydroxylation sites is 1. The van der Waals surface area contributed by atoms with Crippen LogP contribution in [0.25, 0.3) is 43.6 Å². The van der Waals surface area contributed by atoms with Crippen molar-refractivity contribution in [2.45, 2.75) is 37.8 Å². The summed E-state index contributed by atoms with van der Waals surface area (Å²) in [5, 5.41) is 27.1. The van der Waals surface area contributed by atoms with E-state index in [0.717, 1.165) is 0 Å². The fraction of sp³-hybridized carbons (Fsp3) is 0.250. The third-order valence-electron chi connectivity index (χ3n) is 8.65. The van der Waals surface area contributed by atoms with Crippen LogP contribution in [0.15, 0.2) is 36.4 Å². The number of esters is 1. The highest BCUT2D eigenvalue weighted by molar-refractivity contribution is 6.40. The molecule has 3 aliphatic rings. The number of aromatic hydroxyl groups is 1. The number of hydrogen-bond acceptors (Lipinski definition) is 8. The van der Waals surface area contributed by atoms with E-state index >= 15 is 0 Å². The highest BCUT2D eigenvalue weighted by Gasteiger charge is 2.66. The van der Waals surface area contributed by atoms with Gasteiger partial charge in [0.15, 0.2) is 5.72 Å². The van der Waals surface area contributed by atoms with E-state index in [1.807, 2.05) is 28.8 Å². The highest BCUT2D eigenvalue weighted by Crippen LogP contribution is 2.58. The van der Waals surface area contributed by atoms with Crippen molar-refractivity contribution in [2.75, 3.05) is 12.3 Å². The van der Waals surface area contributed by atoms with Crippen LogP contribution in [-0.2, 0) is 20.0 Å². The number of phenols is 1. The van der Waals surface area contributed by atoms with Crippen molar-refractivity contribution in [1.29, 1.82) is 0 Å². The number of anilines is 1. The lowest BCUT2D eigenvalue weighted by Crippen LogP contribution is -2.56. The summed E-state index contributed by atoms with van der Waals surface area (Å²) >= 11 is 0. The van der Waals surface area contributed by atoms with Crippen LogP contribution >= 0.6 is 0 Å². The molecule has 5 aromatic rings. The van der Waals surface area contributed by atoms with Gasteiger partial charge in [-0.1, -0.05) is 18.2 Å². The van der Waals surface area contributed by atoms with Crippen molar-refractivity contribution in [3.63, 3.8) is 0 Å². The number of nitrogens with one attached hydrogen (secondary N) is 1. The van der Waals surface area contributed by atoms with Crippen LogP contribution in [0.1, 0.15) is 47.2 Å². The zero-order chi connectivity index (χ0) is 27.2. The number of aliphatic hydroxyl groups is 1. The Morgan fingerprint density at radius 1 is 1.10 bits per heavy atom. The lowest BCUT2D eigenvalue weighted by molar-refractivity contribution is -0.204. The lowest BCUT2D eigenvalue weighted by atomic mass is 9.88. The second-order valence-electron chi connectivity index (χ2n) is 10.4. The number of ether oxygens (including phenoxy) is 2. The maximum absolute atomic E-state index is 13.4. The van der Waals surface area contributed by atoms with E-state index in [1.165, 1.54) is 6.07 Å².